The van der Waals surface area contributed by atoms with Crippen molar-refractivity contribution < 1.29 is 9.90 Å². The Balaban J connectivity index is 2.86. The minimum absolute atomic E-state index is 0.202. The quantitative estimate of drug-likeness (QED) is 0.774. The Bertz CT molecular complexity index is 478. The second-order valence-corrected chi connectivity index (χ2v) is 3.31. The Hall–Kier alpha value is -1.36. The molecule has 0 bridgehead atoms. The van der Waals surface area contributed by atoms with Gasteiger partial charge in [0, 0.05) is 12.4 Å². The van der Waals surface area contributed by atoms with Gasteiger partial charge in [0.2, 0.25) is 0 Å². The number of nitrogens with zero attached hydrogens (tertiary/aromatic N) is 2. The van der Waals surface area contributed by atoms with E-state index in [0.29, 0.717) is 5.65 Å². The summed E-state index contributed by atoms with van der Waals surface area (Å²) in [5, 5.41) is 8.82. The van der Waals surface area contributed by atoms with E-state index in [9.17, 15) is 4.79 Å². The van der Waals surface area contributed by atoms with Gasteiger partial charge in [0.1, 0.15) is 5.56 Å². The SMILES string of the molecule is O=C(O)c1ccc(Br)n2ccnc12. The molecule has 0 saturated heterocycles. The fourth-order valence-electron chi connectivity index (χ4n) is 1.15. The Morgan fingerprint density at radius 1 is 1.54 bits per heavy atom. The van der Waals surface area contributed by atoms with Crippen LogP contribution < -0.4 is 0 Å². The third-order valence-corrected chi connectivity index (χ3v) is 2.38. The van der Waals surface area contributed by atoms with Gasteiger partial charge < -0.3 is 5.11 Å². The summed E-state index contributed by atoms with van der Waals surface area (Å²) in [6.45, 7) is 0. The molecule has 4 nitrogen and oxygen atoms in total. The molecule has 13 heavy (non-hydrogen) atoms. The van der Waals surface area contributed by atoms with Crippen LogP contribution in [0.3, 0.4) is 0 Å². The Morgan fingerprint density at radius 2 is 2.31 bits per heavy atom. The van der Waals surface area contributed by atoms with E-state index in [0.717, 1.165) is 4.60 Å². The van der Waals surface area contributed by atoms with Crippen LogP contribution >= 0.6 is 15.9 Å². The number of fused-ring (bicyclic) bond motifs is 1. The third-order valence-electron chi connectivity index (χ3n) is 1.73. The molecule has 2 aromatic heterocycles. The van der Waals surface area contributed by atoms with Gasteiger partial charge in [0.05, 0.1) is 4.60 Å². The molecule has 2 rings (SSSR count). The number of halogens is 1. The summed E-state index contributed by atoms with van der Waals surface area (Å²) in [6, 6.07) is 3.20. The molecule has 0 aliphatic rings. The first-order valence-corrected chi connectivity index (χ1v) is 4.34. The zero-order chi connectivity index (χ0) is 9.42. The monoisotopic (exact) mass is 240 g/mol. The number of rotatable bonds is 1. The number of aromatic carboxylic acids is 1. The predicted molar refractivity (Wildman–Crippen MR) is 49.9 cm³/mol. The van der Waals surface area contributed by atoms with Crippen molar-refractivity contribution in [2.24, 2.45) is 0 Å². The van der Waals surface area contributed by atoms with Gasteiger partial charge in [-0.1, -0.05) is 0 Å². The van der Waals surface area contributed by atoms with Crippen LogP contribution in [0.1, 0.15) is 10.4 Å². The van der Waals surface area contributed by atoms with Crippen LogP contribution in [0.2, 0.25) is 0 Å². The van der Waals surface area contributed by atoms with Crippen LogP contribution in [-0.2, 0) is 0 Å². The molecular formula is C8H5BrN2O2. The molecule has 0 saturated carbocycles. The largest absolute Gasteiger partial charge is 0.478 e. The lowest BCUT2D eigenvalue weighted by Crippen LogP contribution is -2.00. The maximum Gasteiger partial charge on any atom is 0.339 e. The maximum absolute atomic E-state index is 10.8. The van der Waals surface area contributed by atoms with E-state index in [4.69, 9.17) is 5.11 Å². The molecule has 0 unspecified atom stereocenters. The number of pyridine rings is 1. The van der Waals surface area contributed by atoms with Crippen LogP contribution in [0.25, 0.3) is 5.65 Å². The van der Waals surface area contributed by atoms with Crippen molar-refractivity contribution in [2.75, 3.05) is 0 Å². The predicted octanol–water partition coefficient (Wildman–Crippen LogP) is 1.79. The topological polar surface area (TPSA) is 54.6 Å². The van der Waals surface area contributed by atoms with Crippen molar-refractivity contribution in [1.82, 2.24) is 9.38 Å². The van der Waals surface area contributed by atoms with E-state index in [2.05, 4.69) is 20.9 Å². The fraction of sp³-hybridized carbons (Fsp3) is 0. The zero-order valence-electron chi connectivity index (χ0n) is 6.44. The number of imidazole rings is 1. The molecule has 0 aliphatic carbocycles. The van der Waals surface area contributed by atoms with E-state index >= 15 is 0 Å². The highest BCUT2D eigenvalue weighted by Gasteiger charge is 2.10. The average molecular weight is 241 g/mol. The number of aromatic nitrogens is 2. The molecule has 0 radical (unpaired) electrons. The van der Waals surface area contributed by atoms with Crippen LogP contribution in [0, 0.1) is 0 Å². The summed E-state index contributed by atoms with van der Waals surface area (Å²) < 4.78 is 2.45. The molecule has 0 atom stereocenters. The maximum atomic E-state index is 10.8. The van der Waals surface area contributed by atoms with Gasteiger partial charge >= 0.3 is 5.97 Å². The van der Waals surface area contributed by atoms with Crippen LogP contribution in [0.5, 0.6) is 0 Å². The highest BCUT2D eigenvalue weighted by molar-refractivity contribution is 9.10. The average Bonchev–Trinajstić information content (AvgIpc) is 2.53. The van der Waals surface area contributed by atoms with Gasteiger partial charge in [-0.25, -0.2) is 9.78 Å². The summed E-state index contributed by atoms with van der Waals surface area (Å²) in [4.78, 5) is 14.7. The van der Waals surface area contributed by atoms with Gasteiger partial charge in [0.15, 0.2) is 5.65 Å². The lowest BCUT2D eigenvalue weighted by atomic mass is 10.3. The van der Waals surface area contributed by atoms with Gasteiger partial charge in [0.25, 0.3) is 0 Å². The van der Waals surface area contributed by atoms with E-state index in [-0.39, 0.29) is 5.56 Å². The smallest absolute Gasteiger partial charge is 0.339 e. The highest BCUT2D eigenvalue weighted by atomic mass is 79.9. The molecule has 66 valence electrons. The Labute approximate surface area is 82.0 Å². The third kappa shape index (κ3) is 1.21. The normalized spacial score (nSPS) is 10.5. The Morgan fingerprint density at radius 3 is 3.00 bits per heavy atom. The Kier molecular flexibility index (Phi) is 1.81. The van der Waals surface area contributed by atoms with E-state index in [1.807, 2.05) is 0 Å². The summed E-state index contributed by atoms with van der Waals surface area (Å²) in [5.74, 6) is -0.969. The number of hydrogen-bond acceptors (Lipinski definition) is 2. The van der Waals surface area contributed by atoms with Gasteiger partial charge in [-0.3, -0.25) is 4.40 Å². The van der Waals surface area contributed by atoms with Crippen molar-refractivity contribution in [2.45, 2.75) is 0 Å². The number of carboxylic acid groups (broad SMARTS) is 1. The minimum atomic E-state index is -0.969. The molecule has 0 aromatic carbocycles. The van der Waals surface area contributed by atoms with Gasteiger partial charge in [-0.05, 0) is 28.1 Å². The van der Waals surface area contributed by atoms with Crippen LogP contribution in [-0.4, -0.2) is 20.5 Å². The summed E-state index contributed by atoms with van der Waals surface area (Å²) >= 11 is 3.29. The first-order chi connectivity index (χ1) is 6.20. The molecule has 0 spiro atoms. The molecule has 0 aliphatic heterocycles. The highest BCUT2D eigenvalue weighted by Crippen LogP contribution is 2.16. The van der Waals surface area contributed by atoms with E-state index < -0.39 is 5.97 Å². The molecular weight excluding hydrogens is 236 g/mol. The minimum Gasteiger partial charge on any atom is -0.478 e. The molecule has 1 N–H and O–H groups in total. The summed E-state index contributed by atoms with van der Waals surface area (Å²) in [6.07, 6.45) is 3.26. The molecule has 0 amide bonds. The lowest BCUT2D eigenvalue weighted by molar-refractivity contribution is 0.0698. The molecule has 2 heterocycles. The standard InChI is InChI=1S/C8H5BrN2O2/c9-6-2-1-5(8(12)13)7-10-3-4-11(6)7/h1-4H,(H,12,13). The molecule has 0 fully saturated rings. The van der Waals surface area contributed by atoms with Crippen molar-refractivity contribution in [3.8, 4) is 0 Å². The lowest BCUT2D eigenvalue weighted by Gasteiger charge is -2.00. The van der Waals surface area contributed by atoms with Crippen molar-refractivity contribution >= 4 is 27.5 Å². The fourth-order valence-corrected chi connectivity index (χ4v) is 1.57. The van der Waals surface area contributed by atoms with Gasteiger partial charge in [-0.15, -0.1) is 0 Å². The molecule has 2 aromatic rings. The summed E-state index contributed by atoms with van der Waals surface area (Å²) in [7, 11) is 0. The number of hydrogen-bond donors (Lipinski definition) is 1. The van der Waals surface area contributed by atoms with Crippen LogP contribution in [0.4, 0.5) is 0 Å². The van der Waals surface area contributed by atoms with Crippen molar-refractivity contribution in [3.63, 3.8) is 0 Å². The summed E-state index contributed by atoms with van der Waals surface area (Å²) in [5.41, 5.74) is 0.648. The van der Waals surface area contributed by atoms with Crippen molar-refractivity contribution in [1.29, 1.82) is 0 Å². The van der Waals surface area contributed by atoms with Crippen molar-refractivity contribution in [3.05, 3.63) is 34.7 Å². The van der Waals surface area contributed by atoms with E-state index in [1.54, 1.807) is 22.9 Å². The second-order valence-electron chi connectivity index (χ2n) is 2.50. The number of carboxylic acids is 1. The number of carbonyl (C=O) groups is 1. The molecule has 5 heteroatoms. The second kappa shape index (κ2) is 2.85. The first kappa shape index (κ1) is 8.25. The van der Waals surface area contributed by atoms with Crippen LogP contribution in [0.15, 0.2) is 29.1 Å². The zero-order valence-corrected chi connectivity index (χ0v) is 8.02. The first-order valence-electron chi connectivity index (χ1n) is 3.55. The van der Waals surface area contributed by atoms with E-state index in [1.165, 1.54) is 6.07 Å². The van der Waals surface area contributed by atoms with Gasteiger partial charge in [-0.2, -0.15) is 0 Å².